The number of imidazole rings is 1. The van der Waals surface area contributed by atoms with E-state index >= 15 is 0 Å². The molecule has 0 saturated heterocycles. The number of aliphatic hydroxyl groups is 1. The maximum atomic E-state index is 9.99. The Morgan fingerprint density at radius 3 is 2.68 bits per heavy atom. The summed E-state index contributed by atoms with van der Waals surface area (Å²) in [5.74, 6) is 1.25. The summed E-state index contributed by atoms with van der Waals surface area (Å²) in [5.41, 5.74) is 2.08. The highest BCUT2D eigenvalue weighted by Crippen LogP contribution is 2.25. The Balaban J connectivity index is 1.91. The van der Waals surface area contributed by atoms with Gasteiger partial charge in [-0.25, -0.2) is 9.97 Å². The first kappa shape index (κ1) is 14.5. The van der Waals surface area contributed by atoms with Crippen LogP contribution < -0.4 is 4.74 Å². The lowest BCUT2D eigenvalue weighted by atomic mass is 10.1. The normalized spacial score (nSPS) is 11.8. The van der Waals surface area contributed by atoms with Crippen molar-refractivity contribution in [3.05, 3.63) is 48.4 Å². The van der Waals surface area contributed by atoms with Crippen LogP contribution >= 0.6 is 0 Å². The van der Waals surface area contributed by atoms with Crippen molar-refractivity contribution in [2.75, 3.05) is 0 Å². The van der Waals surface area contributed by atoms with E-state index in [-0.39, 0.29) is 0 Å². The molecule has 0 aliphatic heterocycles. The van der Waals surface area contributed by atoms with Crippen LogP contribution in [-0.4, -0.2) is 25.2 Å². The number of aromatic nitrogens is 3. The van der Waals surface area contributed by atoms with E-state index in [4.69, 9.17) is 4.74 Å². The maximum Gasteiger partial charge on any atom is 0.219 e. The molecule has 0 fully saturated rings. The monoisotopic (exact) mass is 297 g/mol. The number of ether oxygens (including phenoxy) is 1. The molecule has 0 atom stereocenters. The Kier molecular flexibility index (Phi) is 3.58. The number of benzene rings is 1. The number of rotatable bonds is 4. The van der Waals surface area contributed by atoms with Gasteiger partial charge in [-0.2, -0.15) is 0 Å². The van der Waals surface area contributed by atoms with E-state index in [1.807, 2.05) is 41.8 Å². The van der Waals surface area contributed by atoms with Gasteiger partial charge < -0.3 is 14.4 Å². The molecule has 1 aromatic carbocycles. The highest BCUT2D eigenvalue weighted by atomic mass is 16.5. The van der Waals surface area contributed by atoms with Gasteiger partial charge in [-0.15, -0.1) is 0 Å². The van der Waals surface area contributed by atoms with Gasteiger partial charge in [-0.3, -0.25) is 0 Å². The molecule has 3 rings (SSSR count). The van der Waals surface area contributed by atoms with Gasteiger partial charge in [0.15, 0.2) is 0 Å². The predicted octanol–water partition coefficient (Wildman–Crippen LogP) is 3.30. The first-order valence-corrected chi connectivity index (χ1v) is 7.18. The Bertz CT molecular complexity index is 786. The maximum absolute atomic E-state index is 9.99. The molecule has 22 heavy (non-hydrogen) atoms. The number of fused-ring (bicyclic) bond motifs is 1. The summed E-state index contributed by atoms with van der Waals surface area (Å²) < 4.78 is 7.70. The van der Waals surface area contributed by atoms with Gasteiger partial charge in [0, 0.05) is 18.3 Å². The lowest BCUT2D eigenvalue weighted by Crippen LogP contribution is -2.25. The minimum absolute atomic E-state index is 0.468. The molecule has 114 valence electrons. The van der Waals surface area contributed by atoms with Gasteiger partial charge in [0.1, 0.15) is 5.75 Å². The molecular formula is C17H19N3O2. The third-order valence-corrected chi connectivity index (χ3v) is 3.26. The molecule has 1 N–H and O–H groups in total. The zero-order valence-corrected chi connectivity index (χ0v) is 12.9. The second-order valence-electron chi connectivity index (χ2n) is 6.11. The zero-order chi connectivity index (χ0) is 15.7. The molecular weight excluding hydrogens is 278 g/mol. The van der Waals surface area contributed by atoms with Gasteiger partial charge in [-0.1, -0.05) is 6.07 Å². The fraction of sp³-hybridized carbons (Fsp3) is 0.294. The third-order valence-electron chi connectivity index (χ3n) is 3.26. The minimum Gasteiger partial charge on any atom is -0.439 e. The number of hydrogen-bond donors (Lipinski definition) is 1. The van der Waals surface area contributed by atoms with Crippen LogP contribution in [0.3, 0.4) is 0 Å². The molecule has 0 spiro atoms. The summed E-state index contributed by atoms with van der Waals surface area (Å²) in [5, 5.41) is 9.99. The number of nitrogens with zero attached hydrogens (tertiary/aromatic N) is 3. The van der Waals surface area contributed by atoms with Crippen LogP contribution in [0.5, 0.6) is 11.6 Å². The summed E-state index contributed by atoms with van der Waals surface area (Å²) in [6, 6.07) is 9.48. The predicted molar refractivity (Wildman–Crippen MR) is 85.1 cm³/mol. The summed E-state index contributed by atoms with van der Waals surface area (Å²) in [7, 11) is 0. The molecule has 0 unspecified atom stereocenters. The Morgan fingerprint density at radius 2 is 2.00 bits per heavy atom. The van der Waals surface area contributed by atoms with Crippen molar-refractivity contribution in [1.29, 1.82) is 0 Å². The SMILES string of the molecule is Cc1ccc(Oc2ccc3ncn(CC(C)(C)O)c3c2)nc1. The fourth-order valence-electron chi connectivity index (χ4n) is 2.28. The van der Waals surface area contributed by atoms with Gasteiger partial charge in [0.2, 0.25) is 5.88 Å². The largest absolute Gasteiger partial charge is 0.439 e. The average molecular weight is 297 g/mol. The minimum atomic E-state index is -0.803. The van der Waals surface area contributed by atoms with Gasteiger partial charge in [-0.05, 0) is 38.5 Å². The second-order valence-corrected chi connectivity index (χ2v) is 6.11. The molecule has 0 radical (unpaired) electrons. The number of aryl methyl sites for hydroxylation is 1. The van der Waals surface area contributed by atoms with E-state index in [0.717, 1.165) is 16.6 Å². The highest BCUT2D eigenvalue weighted by molar-refractivity contribution is 5.77. The summed E-state index contributed by atoms with van der Waals surface area (Å²) in [4.78, 5) is 8.58. The highest BCUT2D eigenvalue weighted by Gasteiger charge is 2.15. The van der Waals surface area contributed by atoms with Crippen molar-refractivity contribution in [2.45, 2.75) is 32.9 Å². The van der Waals surface area contributed by atoms with E-state index in [1.165, 1.54) is 0 Å². The lowest BCUT2D eigenvalue weighted by molar-refractivity contribution is 0.0626. The molecule has 2 aromatic heterocycles. The van der Waals surface area contributed by atoms with E-state index in [9.17, 15) is 5.11 Å². The van der Waals surface area contributed by atoms with Crippen molar-refractivity contribution in [1.82, 2.24) is 14.5 Å². The summed E-state index contributed by atoms with van der Waals surface area (Å²) in [6.45, 7) is 6.00. The standard InChI is InChI=1S/C17H19N3O2/c1-12-4-7-16(18-9-12)22-13-5-6-14-15(8-13)20(11-19-14)10-17(2,3)21/h4-9,11,21H,10H2,1-3H3. The molecule has 0 bridgehead atoms. The van der Waals surface area contributed by atoms with Crippen LogP contribution in [0, 0.1) is 6.92 Å². The van der Waals surface area contributed by atoms with E-state index in [0.29, 0.717) is 18.2 Å². The third kappa shape index (κ3) is 3.26. The quantitative estimate of drug-likeness (QED) is 0.802. The van der Waals surface area contributed by atoms with E-state index < -0.39 is 5.60 Å². The van der Waals surface area contributed by atoms with Crippen LogP contribution in [0.25, 0.3) is 11.0 Å². The summed E-state index contributed by atoms with van der Waals surface area (Å²) >= 11 is 0. The molecule has 3 aromatic rings. The van der Waals surface area contributed by atoms with Crippen LogP contribution in [0.2, 0.25) is 0 Å². The first-order valence-electron chi connectivity index (χ1n) is 7.18. The molecule has 2 heterocycles. The smallest absolute Gasteiger partial charge is 0.219 e. The van der Waals surface area contributed by atoms with Crippen molar-refractivity contribution in [3.8, 4) is 11.6 Å². The van der Waals surface area contributed by atoms with Gasteiger partial charge in [0.25, 0.3) is 0 Å². The van der Waals surface area contributed by atoms with Gasteiger partial charge >= 0.3 is 0 Å². The molecule has 0 aliphatic rings. The topological polar surface area (TPSA) is 60.2 Å². The molecule has 0 aliphatic carbocycles. The van der Waals surface area contributed by atoms with Crippen molar-refractivity contribution < 1.29 is 9.84 Å². The fourth-order valence-corrected chi connectivity index (χ4v) is 2.28. The first-order chi connectivity index (χ1) is 10.4. The molecule has 0 saturated carbocycles. The van der Waals surface area contributed by atoms with Crippen molar-refractivity contribution in [3.63, 3.8) is 0 Å². The van der Waals surface area contributed by atoms with Crippen LogP contribution in [0.15, 0.2) is 42.9 Å². The number of pyridine rings is 1. The van der Waals surface area contributed by atoms with Crippen molar-refractivity contribution >= 4 is 11.0 Å². The molecule has 0 amide bonds. The van der Waals surface area contributed by atoms with E-state index in [2.05, 4.69) is 9.97 Å². The van der Waals surface area contributed by atoms with Crippen LogP contribution in [-0.2, 0) is 6.54 Å². The van der Waals surface area contributed by atoms with Gasteiger partial charge in [0.05, 0.1) is 29.5 Å². The van der Waals surface area contributed by atoms with E-state index in [1.54, 1.807) is 26.4 Å². The summed E-state index contributed by atoms with van der Waals surface area (Å²) in [6.07, 6.45) is 3.50. The Labute approximate surface area is 129 Å². The number of hydrogen-bond acceptors (Lipinski definition) is 4. The lowest BCUT2D eigenvalue weighted by Gasteiger charge is -2.18. The Morgan fingerprint density at radius 1 is 1.18 bits per heavy atom. The molecule has 5 nitrogen and oxygen atoms in total. The average Bonchev–Trinajstić information content (AvgIpc) is 2.82. The Hall–Kier alpha value is -2.40. The van der Waals surface area contributed by atoms with Crippen molar-refractivity contribution in [2.24, 2.45) is 0 Å². The van der Waals surface area contributed by atoms with Crippen LogP contribution in [0.1, 0.15) is 19.4 Å². The zero-order valence-electron chi connectivity index (χ0n) is 12.9. The second kappa shape index (κ2) is 5.42. The van der Waals surface area contributed by atoms with Crippen LogP contribution in [0.4, 0.5) is 0 Å². The molecule has 5 heteroatoms.